The van der Waals surface area contributed by atoms with E-state index >= 15 is 0 Å². The lowest BCUT2D eigenvalue weighted by Crippen LogP contribution is -2.36. The van der Waals surface area contributed by atoms with E-state index in [1.807, 2.05) is 13.8 Å². The van der Waals surface area contributed by atoms with Crippen molar-refractivity contribution < 1.29 is 0 Å². The zero-order valence-electron chi connectivity index (χ0n) is 26.6. The monoisotopic (exact) mass is 515 g/mol. The zero-order valence-corrected chi connectivity index (χ0v) is 26.6. The summed E-state index contributed by atoms with van der Waals surface area (Å²) in [4.78, 5) is 5.39. The molecule has 0 bridgehead atoms. The van der Waals surface area contributed by atoms with Gasteiger partial charge in [0.15, 0.2) is 0 Å². The maximum absolute atomic E-state index is 3.00. The van der Waals surface area contributed by atoms with Crippen LogP contribution in [0.15, 0.2) is 60.3 Å². The molecule has 0 aromatic carbocycles. The third-order valence-corrected chi connectivity index (χ3v) is 6.91. The molecule has 0 saturated carbocycles. The summed E-state index contributed by atoms with van der Waals surface area (Å²) in [5.41, 5.74) is 4.69. The SMILES string of the molecule is C/C=C(\CC/C(C)=C/CCCC)CN(CCCN(CCCCC)CC1=CCCC=C1)C(C)C.C=C.CC. The molecule has 2 nitrogen and oxygen atoms in total. The second-order valence-corrected chi connectivity index (χ2v) is 10.3. The second-order valence-electron chi connectivity index (χ2n) is 10.3. The smallest absolute Gasteiger partial charge is 0.0230 e. The van der Waals surface area contributed by atoms with Gasteiger partial charge in [0.1, 0.15) is 0 Å². The minimum atomic E-state index is 0.596. The highest BCUT2D eigenvalue weighted by Gasteiger charge is 2.13. The predicted molar refractivity (Wildman–Crippen MR) is 173 cm³/mol. The summed E-state index contributed by atoms with van der Waals surface area (Å²) in [5.74, 6) is 0. The van der Waals surface area contributed by atoms with Crippen LogP contribution in [0.3, 0.4) is 0 Å². The average molecular weight is 515 g/mol. The van der Waals surface area contributed by atoms with Gasteiger partial charge < -0.3 is 0 Å². The van der Waals surface area contributed by atoms with Crippen molar-refractivity contribution in [3.8, 4) is 0 Å². The molecule has 0 amide bonds. The van der Waals surface area contributed by atoms with E-state index in [0.29, 0.717) is 6.04 Å². The molecule has 0 N–H and O–H groups in total. The second kappa shape index (κ2) is 27.6. The maximum Gasteiger partial charge on any atom is 0.0230 e. The number of hydrogen-bond donors (Lipinski definition) is 0. The quantitative estimate of drug-likeness (QED) is 0.125. The molecule has 1 aliphatic carbocycles. The Balaban J connectivity index is 0. The van der Waals surface area contributed by atoms with Crippen molar-refractivity contribution in [1.82, 2.24) is 9.80 Å². The van der Waals surface area contributed by atoms with Gasteiger partial charge in [0, 0.05) is 19.1 Å². The summed E-state index contributed by atoms with van der Waals surface area (Å²) in [6, 6.07) is 0.596. The molecule has 1 rings (SSSR count). The standard InChI is InChI=1S/C31H56N2.C2H6.C2H4/c1-7-10-13-18-29(6)21-22-30(9-3)27-33(28(4)5)25-17-24-32(23-16-11-8-2)26-31-19-14-12-15-20-31;2*1-2/h9,14,18-20,28H,7-8,10-13,15-17,21-27H2,1-6H3;1-2H3;1-2H2/b29-18+,30-9+;;. The van der Waals surface area contributed by atoms with Gasteiger partial charge in [-0.25, -0.2) is 0 Å². The van der Waals surface area contributed by atoms with Gasteiger partial charge in [-0.15, -0.1) is 13.2 Å². The highest BCUT2D eigenvalue weighted by Crippen LogP contribution is 2.17. The first-order valence-electron chi connectivity index (χ1n) is 15.6. The molecule has 0 aromatic heterocycles. The third-order valence-electron chi connectivity index (χ3n) is 6.91. The van der Waals surface area contributed by atoms with Crippen LogP contribution in [-0.2, 0) is 0 Å². The number of unbranched alkanes of at least 4 members (excludes halogenated alkanes) is 4. The molecule has 0 heterocycles. The molecule has 0 aromatic rings. The molecular formula is C35H66N2. The summed E-state index contributed by atoms with van der Waals surface area (Å²) in [5, 5.41) is 0. The Labute approximate surface area is 234 Å². The summed E-state index contributed by atoms with van der Waals surface area (Å²) >= 11 is 0. The summed E-state index contributed by atoms with van der Waals surface area (Å²) in [6.45, 7) is 29.7. The van der Waals surface area contributed by atoms with E-state index in [2.05, 4.69) is 94.9 Å². The van der Waals surface area contributed by atoms with Gasteiger partial charge in [-0.05, 0) is 97.8 Å². The maximum atomic E-state index is 3.00. The van der Waals surface area contributed by atoms with E-state index in [1.54, 1.807) is 11.1 Å². The zero-order chi connectivity index (χ0) is 28.3. The Morgan fingerprint density at radius 1 is 0.946 bits per heavy atom. The van der Waals surface area contributed by atoms with Crippen LogP contribution in [0, 0.1) is 0 Å². The molecule has 0 unspecified atom stereocenters. The number of nitrogens with zero attached hydrogens (tertiary/aromatic N) is 2. The van der Waals surface area contributed by atoms with Gasteiger partial charge in [-0.3, -0.25) is 9.80 Å². The van der Waals surface area contributed by atoms with Crippen LogP contribution in [0.1, 0.15) is 126 Å². The lowest BCUT2D eigenvalue weighted by molar-refractivity contribution is 0.211. The fraction of sp³-hybridized carbons (Fsp3) is 0.714. The van der Waals surface area contributed by atoms with Crippen molar-refractivity contribution in [2.45, 2.75) is 132 Å². The van der Waals surface area contributed by atoms with Gasteiger partial charge in [0.25, 0.3) is 0 Å². The van der Waals surface area contributed by atoms with Crippen molar-refractivity contribution in [2.75, 3.05) is 32.7 Å². The summed E-state index contributed by atoms with van der Waals surface area (Å²) in [6.07, 6.45) is 25.9. The lowest BCUT2D eigenvalue weighted by atomic mass is 10.0. The van der Waals surface area contributed by atoms with Crippen molar-refractivity contribution >= 4 is 0 Å². The minimum Gasteiger partial charge on any atom is -0.299 e. The molecule has 2 heteroatoms. The molecule has 0 spiro atoms. The molecule has 37 heavy (non-hydrogen) atoms. The first-order chi connectivity index (χ1) is 18.0. The predicted octanol–water partition coefficient (Wildman–Crippen LogP) is 10.5. The molecule has 0 atom stereocenters. The Kier molecular flexibility index (Phi) is 28.2. The van der Waals surface area contributed by atoms with Crippen molar-refractivity contribution in [3.63, 3.8) is 0 Å². The number of allylic oxidation sites excluding steroid dienone is 5. The topological polar surface area (TPSA) is 6.48 Å². The minimum absolute atomic E-state index is 0.596. The number of rotatable bonds is 19. The first kappa shape index (κ1) is 37.8. The van der Waals surface area contributed by atoms with E-state index in [9.17, 15) is 0 Å². The molecule has 0 saturated heterocycles. The highest BCUT2D eigenvalue weighted by molar-refractivity contribution is 5.23. The van der Waals surface area contributed by atoms with E-state index in [0.717, 1.165) is 13.1 Å². The third kappa shape index (κ3) is 21.3. The van der Waals surface area contributed by atoms with Crippen LogP contribution in [0.4, 0.5) is 0 Å². The van der Waals surface area contributed by atoms with Gasteiger partial charge >= 0.3 is 0 Å². The van der Waals surface area contributed by atoms with Crippen LogP contribution in [-0.4, -0.2) is 48.6 Å². The van der Waals surface area contributed by atoms with Crippen molar-refractivity contribution in [2.24, 2.45) is 0 Å². The van der Waals surface area contributed by atoms with Crippen LogP contribution < -0.4 is 0 Å². The molecule has 216 valence electrons. The van der Waals surface area contributed by atoms with Crippen LogP contribution >= 0.6 is 0 Å². The van der Waals surface area contributed by atoms with Crippen LogP contribution in [0.5, 0.6) is 0 Å². The molecule has 1 aliphatic rings. The van der Waals surface area contributed by atoms with Crippen LogP contribution in [0.2, 0.25) is 0 Å². The Morgan fingerprint density at radius 2 is 1.62 bits per heavy atom. The fourth-order valence-electron chi connectivity index (χ4n) is 4.50. The van der Waals surface area contributed by atoms with E-state index in [1.165, 1.54) is 95.8 Å². The fourth-order valence-corrected chi connectivity index (χ4v) is 4.50. The Morgan fingerprint density at radius 3 is 2.19 bits per heavy atom. The number of hydrogen-bond acceptors (Lipinski definition) is 2. The lowest BCUT2D eigenvalue weighted by Gasteiger charge is -2.30. The van der Waals surface area contributed by atoms with Gasteiger partial charge in [-0.1, -0.05) is 94.9 Å². The van der Waals surface area contributed by atoms with E-state index in [4.69, 9.17) is 0 Å². The van der Waals surface area contributed by atoms with Gasteiger partial charge in [0.05, 0.1) is 0 Å². The Hall–Kier alpha value is -1.38. The van der Waals surface area contributed by atoms with Crippen molar-refractivity contribution in [3.05, 3.63) is 60.3 Å². The highest BCUT2D eigenvalue weighted by atomic mass is 15.2. The molecule has 0 fully saturated rings. The first-order valence-corrected chi connectivity index (χ1v) is 15.6. The van der Waals surface area contributed by atoms with E-state index < -0.39 is 0 Å². The van der Waals surface area contributed by atoms with Crippen molar-refractivity contribution in [1.29, 1.82) is 0 Å². The summed E-state index contributed by atoms with van der Waals surface area (Å²) < 4.78 is 0. The largest absolute Gasteiger partial charge is 0.299 e. The van der Waals surface area contributed by atoms with Gasteiger partial charge in [0.2, 0.25) is 0 Å². The van der Waals surface area contributed by atoms with Crippen LogP contribution in [0.25, 0.3) is 0 Å². The Bertz CT molecular complexity index is 623. The van der Waals surface area contributed by atoms with Gasteiger partial charge in [-0.2, -0.15) is 0 Å². The molecule has 0 radical (unpaired) electrons. The summed E-state index contributed by atoms with van der Waals surface area (Å²) in [7, 11) is 0. The van der Waals surface area contributed by atoms with E-state index in [-0.39, 0.29) is 0 Å². The molecular weight excluding hydrogens is 448 g/mol. The average Bonchev–Trinajstić information content (AvgIpc) is 2.92. The normalized spacial score (nSPS) is 13.9. The molecule has 0 aliphatic heterocycles.